The molecule has 0 saturated carbocycles. The van der Waals surface area contributed by atoms with Crippen molar-refractivity contribution in [2.45, 2.75) is 26.1 Å². The number of ether oxygens (including phenoxy) is 1. The number of nitrogens with zero attached hydrogens (tertiary/aromatic N) is 1. The highest BCUT2D eigenvalue weighted by molar-refractivity contribution is 5.86. The average Bonchev–Trinajstić information content (AvgIpc) is 2.78. The quantitative estimate of drug-likeness (QED) is 0.812. The number of fused-ring (bicyclic) bond motifs is 1. The second-order valence-electron chi connectivity index (χ2n) is 5.25. The van der Waals surface area contributed by atoms with Gasteiger partial charge < -0.3 is 19.9 Å². The monoisotopic (exact) mass is 289 g/mol. The van der Waals surface area contributed by atoms with Crippen LogP contribution in [-0.2, 0) is 22.6 Å². The van der Waals surface area contributed by atoms with Crippen LogP contribution in [0.2, 0.25) is 0 Å². The van der Waals surface area contributed by atoms with E-state index < -0.39 is 0 Å². The van der Waals surface area contributed by atoms with Gasteiger partial charge in [-0.05, 0) is 25.6 Å². The first-order valence-electron chi connectivity index (χ1n) is 7.15. The van der Waals surface area contributed by atoms with Crippen molar-refractivity contribution in [1.82, 2.24) is 15.2 Å². The Balaban J connectivity index is 2.16. The molecule has 2 aromatic rings. The van der Waals surface area contributed by atoms with Crippen molar-refractivity contribution in [2.24, 2.45) is 0 Å². The number of hydrogen-bond acceptors (Lipinski definition) is 3. The molecule has 0 radical (unpaired) electrons. The Bertz CT molecular complexity index is 607. The van der Waals surface area contributed by atoms with Crippen molar-refractivity contribution in [1.29, 1.82) is 0 Å². The van der Waals surface area contributed by atoms with E-state index in [4.69, 9.17) is 4.74 Å². The van der Waals surface area contributed by atoms with E-state index in [1.165, 1.54) is 10.9 Å². The zero-order valence-corrected chi connectivity index (χ0v) is 12.8. The number of benzene rings is 1. The standard InChI is InChI=1S/C16H23N3O2/c1-12(11-21-3)18-16(20)10-19-9-13(8-17-2)14-6-4-5-7-15(14)19/h4-7,9,12,17H,8,10-11H2,1-3H3,(H,18,20). The van der Waals surface area contributed by atoms with Gasteiger partial charge in [-0.15, -0.1) is 0 Å². The molecule has 5 heteroatoms. The fourth-order valence-electron chi connectivity index (χ4n) is 2.55. The normalized spacial score (nSPS) is 12.5. The number of aromatic nitrogens is 1. The van der Waals surface area contributed by atoms with Gasteiger partial charge >= 0.3 is 0 Å². The molecule has 114 valence electrons. The molecule has 0 aliphatic rings. The maximum absolute atomic E-state index is 12.1. The number of para-hydroxylation sites is 1. The van der Waals surface area contributed by atoms with Gasteiger partial charge in [-0.1, -0.05) is 18.2 Å². The van der Waals surface area contributed by atoms with Crippen LogP contribution in [0.5, 0.6) is 0 Å². The number of carbonyl (C=O) groups excluding carboxylic acids is 1. The molecule has 1 heterocycles. The number of methoxy groups -OCH3 is 1. The van der Waals surface area contributed by atoms with Crippen LogP contribution < -0.4 is 10.6 Å². The summed E-state index contributed by atoms with van der Waals surface area (Å²) < 4.78 is 7.03. The molecule has 1 aromatic carbocycles. The van der Waals surface area contributed by atoms with Crippen molar-refractivity contribution in [3.63, 3.8) is 0 Å². The molecule has 2 rings (SSSR count). The van der Waals surface area contributed by atoms with Crippen LogP contribution in [0.1, 0.15) is 12.5 Å². The van der Waals surface area contributed by atoms with Gasteiger partial charge in [0.2, 0.25) is 5.91 Å². The van der Waals surface area contributed by atoms with E-state index in [0.717, 1.165) is 12.1 Å². The van der Waals surface area contributed by atoms with E-state index in [-0.39, 0.29) is 11.9 Å². The molecule has 1 amide bonds. The second-order valence-corrected chi connectivity index (χ2v) is 5.25. The Labute approximate surface area is 125 Å². The number of nitrogens with one attached hydrogen (secondary N) is 2. The van der Waals surface area contributed by atoms with Gasteiger partial charge in [0.05, 0.1) is 6.61 Å². The van der Waals surface area contributed by atoms with Crippen molar-refractivity contribution >= 4 is 16.8 Å². The molecule has 2 N–H and O–H groups in total. The summed E-state index contributed by atoms with van der Waals surface area (Å²) in [5.74, 6) is -0.00342. The SMILES string of the molecule is CNCc1cn(CC(=O)NC(C)COC)c2ccccc12. The molecule has 0 aliphatic carbocycles. The molecular weight excluding hydrogens is 266 g/mol. The largest absolute Gasteiger partial charge is 0.383 e. The van der Waals surface area contributed by atoms with Crippen LogP contribution in [0.25, 0.3) is 10.9 Å². The van der Waals surface area contributed by atoms with E-state index in [1.54, 1.807) is 7.11 Å². The summed E-state index contributed by atoms with van der Waals surface area (Å²) in [5, 5.41) is 7.28. The highest BCUT2D eigenvalue weighted by atomic mass is 16.5. The third-order valence-corrected chi connectivity index (χ3v) is 3.38. The Morgan fingerprint density at radius 3 is 2.86 bits per heavy atom. The first-order valence-corrected chi connectivity index (χ1v) is 7.15. The molecule has 0 fully saturated rings. The van der Waals surface area contributed by atoms with Gasteiger partial charge in [-0.25, -0.2) is 0 Å². The summed E-state index contributed by atoms with van der Waals surface area (Å²) in [6.45, 7) is 3.55. The Morgan fingerprint density at radius 2 is 2.14 bits per heavy atom. The minimum Gasteiger partial charge on any atom is -0.383 e. The predicted molar refractivity (Wildman–Crippen MR) is 84.2 cm³/mol. The van der Waals surface area contributed by atoms with Crippen LogP contribution in [-0.4, -0.2) is 37.3 Å². The Hall–Kier alpha value is -1.85. The van der Waals surface area contributed by atoms with Gasteiger partial charge in [0.25, 0.3) is 0 Å². The van der Waals surface area contributed by atoms with E-state index in [2.05, 4.69) is 16.7 Å². The maximum Gasteiger partial charge on any atom is 0.240 e. The summed E-state index contributed by atoms with van der Waals surface area (Å²) in [6.07, 6.45) is 2.04. The predicted octanol–water partition coefficient (Wildman–Crippen LogP) is 1.51. The second kappa shape index (κ2) is 7.24. The minimum atomic E-state index is -0.00342. The molecule has 0 saturated heterocycles. The average molecular weight is 289 g/mol. The van der Waals surface area contributed by atoms with E-state index in [0.29, 0.717) is 13.2 Å². The van der Waals surface area contributed by atoms with Crippen LogP contribution in [0.3, 0.4) is 0 Å². The highest BCUT2D eigenvalue weighted by Crippen LogP contribution is 2.21. The van der Waals surface area contributed by atoms with Crippen molar-refractivity contribution < 1.29 is 9.53 Å². The number of rotatable bonds is 7. The van der Waals surface area contributed by atoms with Crippen LogP contribution in [0, 0.1) is 0 Å². The van der Waals surface area contributed by atoms with Gasteiger partial charge in [-0.3, -0.25) is 4.79 Å². The molecule has 1 unspecified atom stereocenters. The van der Waals surface area contributed by atoms with Gasteiger partial charge in [0.15, 0.2) is 0 Å². The summed E-state index contributed by atoms with van der Waals surface area (Å²) in [7, 11) is 3.55. The Kier molecular flexibility index (Phi) is 5.36. The van der Waals surface area contributed by atoms with Gasteiger partial charge in [-0.2, -0.15) is 0 Å². The lowest BCUT2D eigenvalue weighted by molar-refractivity contribution is -0.122. The van der Waals surface area contributed by atoms with Crippen molar-refractivity contribution in [3.8, 4) is 0 Å². The zero-order chi connectivity index (χ0) is 15.2. The maximum atomic E-state index is 12.1. The number of hydrogen-bond donors (Lipinski definition) is 2. The molecule has 21 heavy (non-hydrogen) atoms. The lowest BCUT2D eigenvalue weighted by Gasteiger charge is -2.13. The summed E-state index contributed by atoms with van der Waals surface area (Å²) in [4.78, 5) is 12.1. The fraction of sp³-hybridized carbons (Fsp3) is 0.438. The smallest absolute Gasteiger partial charge is 0.240 e. The molecule has 1 atom stereocenters. The third kappa shape index (κ3) is 3.83. The first kappa shape index (κ1) is 15.5. The third-order valence-electron chi connectivity index (χ3n) is 3.38. The Morgan fingerprint density at radius 1 is 1.38 bits per heavy atom. The minimum absolute atomic E-state index is 0.00342. The van der Waals surface area contributed by atoms with Crippen LogP contribution in [0.15, 0.2) is 30.5 Å². The van der Waals surface area contributed by atoms with Crippen LogP contribution >= 0.6 is 0 Å². The van der Waals surface area contributed by atoms with E-state index >= 15 is 0 Å². The van der Waals surface area contributed by atoms with Crippen molar-refractivity contribution in [2.75, 3.05) is 20.8 Å². The lowest BCUT2D eigenvalue weighted by atomic mass is 10.2. The summed E-state index contributed by atoms with van der Waals surface area (Å²) in [6, 6.07) is 8.16. The van der Waals surface area contributed by atoms with E-state index in [1.807, 2.05) is 42.9 Å². The number of carbonyl (C=O) groups is 1. The lowest BCUT2D eigenvalue weighted by Crippen LogP contribution is -2.37. The zero-order valence-electron chi connectivity index (χ0n) is 12.8. The van der Waals surface area contributed by atoms with Gasteiger partial charge in [0.1, 0.15) is 6.54 Å². The molecule has 0 aliphatic heterocycles. The molecule has 0 bridgehead atoms. The van der Waals surface area contributed by atoms with E-state index in [9.17, 15) is 4.79 Å². The van der Waals surface area contributed by atoms with Crippen molar-refractivity contribution in [3.05, 3.63) is 36.0 Å². The summed E-state index contributed by atoms with van der Waals surface area (Å²) >= 11 is 0. The van der Waals surface area contributed by atoms with Crippen LogP contribution in [0.4, 0.5) is 0 Å². The molecular formula is C16H23N3O2. The topological polar surface area (TPSA) is 55.3 Å². The highest BCUT2D eigenvalue weighted by Gasteiger charge is 2.12. The van der Waals surface area contributed by atoms with Gasteiger partial charge in [0, 0.05) is 36.8 Å². The molecule has 5 nitrogen and oxygen atoms in total. The number of amides is 1. The fourth-order valence-corrected chi connectivity index (χ4v) is 2.55. The summed E-state index contributed by atoms with van der Waals surface area (Å²) in [5.41, 5.74) is 2.28. The molecule has 0 spiro atoms. The molecule has 1 aromatic heterocycles. The first-order chi connectivity index (χ1) is 10.2.